The summed E-state index contributed by atoms with van der Waals surface area (Å²) in [6.07, 6.45) is 0. The number of rotatable bonds is 5. The molecule has 0 radical (unpaired) electrons. The fourth-order valence-electron chi connectivity index (χ4n) is 8.30. The Labute approximate surface area is 325 Å². The summed E-state index contributed by atoms with van der Waals surface area (Å²) in [4.78, 5) is 14.7. The van der Waals surface area contributed by atoms with Crippen LogP contribution in [0.15, 0.2) is 191 Å². The minimum absolute atomic E-state index is 0.594. The van der Waals surface area contributed by atoms with Crippen LogP contribution in [0.1, 0.15) is 0 Å². The van der Waals surface area contributed by atoms with E-state index < -0.39 is 0 Å². The van der Waals surface area contributed by atoms with Gasteiger partial charge in [-0.2, -0.15) is 0 Å². The van der Waals surface area contributed by atoms with Crippen LogP contribution in [0.3, 0.4) is 0 Å². The van der Waals surface area contributed by atoms with Crippen LogP contribution < -0.4 is 0 Å². The lowest BCUT2D eigenvalue weighted by molar-refractivity contribution is 0.669. The lowest BCUT2D eigenvalue weighted by Gasteiger charge is -2.09. The van der Waals surface area contributed by atoms with Gasteiger partial charge in [0.15, 0.2) is 17.5 Å². The SMILES string of the molecule is c1ccc(-c2nc(-c3ccccc3)nc(-c3ccc4c(c3)oc3cc(-c5ccc(-n6c7ccccc7c7cc8oc9ccccc9c8cc76)cc5)ccc34)n2)cc1. The van der Waals surface area contributed by atoms with Crippen molar-refractivity contribution in [2.45, 2.75) is 0 Å². The molecule has 12 aromatic rings. The van der Waals surface area contributed by atoms with Gasteiger partial charge in [-0.05, 0) is 71.8 Å². The van der Waals surface area contributed by atoms with Gasteiger partial charge >= 0.3 is 0 Å². The van der Waals surface area contributed by atoms with Crippen LogP contribution in [0.4, 0.5) is 0 Å². The first-order chi connectivity index (χ1) is 28.2. The number of furan rings is 2. The molecule has 57 heavy (non-hydrogen) atoms. The number of para-hydroxylation sites is 2. The number of fused-ring (bicyclic) bond motifs is 9. The summed E-state index contributed by atoms with van der Waals surface area (Å²) in [5.41, 5.74) is 11.7. The molecule has 12 rings (SSSR count). The summed E-state index contributed by atoms with van der Waals surface area (Å²) in [6.45, 7) is 0. The molecule has 0 fully saturated rings. The molecule has 0 bridgehead atoms. The second-order valence-electron chi connectivity index (χ2n) is 14.4. The Morgan fingerprint density at radius 3 is 1.51 bits per heavy atom. The van der Waals surface area contributed by atoms with E-state index in [9.17, 15) is 0 Å². The van der Waals surface area contributed by atoms with Gasteiger partial charge < -0.3 is 13.4 Å². The molecule has 0 aliphatic rings. The third-order valence-corrected chi connectivity index (χ3v) is 11.1. The van der Waals surface area contributed by atoms with Crippen molar-refractivity contribution in [1.29, 1.82) is 0 Å². The van der Waals surface area contributed by atoms with Crippen molar-refractivity contribution < 1.29 is 8.83 Å². The molecule has 0 spiro atoms. The van der Waals surface area contributed by atoms with Crippen LogP contribution in [-0.4, -0.2) is 19.5 Å². The standard InChI is InChI=1S/C51H30N4O2/c1-3-11-32(12-4-1)49-52-50(33-13-5-2-6-14-33)54-51(53-49)35-22-26-40-39-25-21-34(27-46(39)57-47(40)28-35)31-19-23-36(24-20-31)55-43-17-9-7-15-37(43)41-30-48-42(29-44(41)55)38-16-8-10-18-45(38)56-48/h1-30H. The molecule has 0 aliphatic carbocycles. The highest BCUT2D eigenvalue weighted by atomic mass is 16.3. The highest BCUT2D eigenvalue weighted by molar-refractivity contribution is 6.17. The van der Waals surface area contributed by atoms with Crippen LogP contribution in [0.5, 0.6) is 0 Å². The summed E-state index contributed by atoms with van der Waals surface area (Å²) in [7, 11) is 0. The Balaban J connectivity index is 0.923. The molecule has 4 aromatic heterocycles. The van der Waals surface area contributed by atoms with Crippen LogP contribution >= 0.6 is 0 Å². The maximum Gasteiger partial charge on any atom is 0.164 e. The van der Waals surface area contributed by atoms with Crippen LogP contribution in [0, 0.1) is 0 Å². The molecule has 0 N–H and O–H groups in total. The van der Waals surface area contributed by atoms with Crippen molar-refractivity contribution in [2.75, 3.05) is 0 Å². The van der Waals surface area contributed by atoms with Crippen molar-refractivity contribution in [1.82, 2.24) is 19.5 Å². The van der Waals surface area contributed by atoms with Gasteiger partial charge in [-0.1, -0.05) is 121 Å². The Bertz CT molecular complexity index is 3450. The van der Waals surface area contributed by atoms with Crippen LogP contribution in [0.2, 0.25) is 0 Å². The minimum Gasteiger partial charge on any atom is -0.456 e. The zero-order valence-electron chi connectivity index (χ0n) is 30.4. The van der Waals surface area contributed by atoms with E-state index in [4.69, 9.17) is 23.8 Å². The zero-order chi connectivity index (χ0) is 37.5. The molecule has 266 valence electrons. The van der Waals surface area contributed by atoms with Crippen molar-refractivity contribution in [3.63, 3.8) is 0 Å². The summed E-state index contributed by atoms with van der Waals surface area (Å²) in [5.74, 6) is 1.85. The first-order valence-electron chi connectivity index (χ1n) is 19.0. The summed E-state index contributed by atoms with van der Waals surface area (Å²) in [6, 6.07) is 62.8. The quantitative estimate of drug-likeness (QED) is 0.176. The second kappa shape index (κ2) is 12.3. The maximum absolute atomic E-state index is 6.56. The third-order valence-electron chi connectivity index (χ3n) is 11.1. The van der Waals surface area contributed by atoms with E-state index in [1.807, 2.05) is 78.9 Å². The lowest BCUT2D eigenvalue weighted by Crippen LogP contribution is -2.00. The average Bonchev–Trinajstić information content (AvgIpc) is 3.94. The van der Waals surface area contributed by atoms with E-state index in [0.717, 1.165) is 88.4 Å². The molecule has 8 aromatic carbocycles. The zero-order valence-corrected chi connectivity index (χ0v) is 30.4. The fraction of sp³-hybridized carbons (Fsp3) is 0. The molecular weight excluding hydrogens is 701 g/mol. The predicted molar refractivity (Wildman–Crippen MR) is 230 cm³/mol. The smallest absolute Gasteiger partial charge is 0.164 e. The Kier molecular flexibility index (Phi) is 6.83. The van der Waals surface area contributed by atoms with Gasteiger partial charge in [-0.25, -0.2) is 15.0 Å². The molecule has 0 aliphatic heterocycles. The number of aromatic nitrogens is 4. The van der Waals surface area contributed by atoms with Crippen molar-refractivity contribution in [2.24, 2.45) is 0 Å². The third kappa shape index (κ3) is 5.08. The first-order valence-corrected chi connectivity index (χ1v) is 19.0. The second-order valence-corrected chi connectivity index (χ2v) is 14.4. The first kappa shape index (κ1) is 31.5. The fourth-order valence-corrected chi connectivity index (χ4v) is 8.30. The lowest BCUT2D eigenvalue weighted by atomic mass is 10.0. The number of hydrogen-bond donors (Lipinski definition) is 0. The number of benzene rings is 8. The maximum atomic E-state index is 6.56. The predicted octanol–water partition coefficient (Wildman–Crippen LogP) is 13.4. The van der Waals surface area contributed by atoms with Gasteiger partial charge in [0.05, 0.1) is 11.0 Å². The Morgan fingerprint density at radius 2 is 0.807 bits per heavy atom. The molecule has 0 unspecified atom stereocenters. The topological polar surface area (TPSA) is 69.9 Å². The van der Waals surface area contributed by atoms with Gasteiger partial charge in [0.1, 0.15) is 22.3 Å². The van der Waals surface area contributed by atoms with E-state index in [0.29, 0.717) is 17.5 Å². The highest BCUT2D eigenvalue weighted by Gasteiger charge is 2.18. The van der Waals surface area contributed by atoms with Crippen LogP contribution in [0.25, 0.3) is 117 Å². The molecule has 0 saturated carbocycles. The number of nitrogens with zero attached hydrogens (tertiary/aromatic N) is 4. The van der Waals surface area contributed by atoms with Crippen LogP contribution in [-0.2, 0) is 0 Å². The average molecular weight is 731 g/mol. The van der Waals surface area contributed by atoms with Gasteiger partial charge in [0, 0.05) is 54.7 Å². The van der Waals surface area contributed by atoms with E-state index >= 15 is 0 Å². The number of hydrogen-bond acceptors (Lipinski definition) is 5. The highest BCUT2D eigenvalue weighted by Crippen LogP contribution is 2.39. The van der Waals surface area contributed by atoms with Gasteiger partial charge in [-0.15, -0.1) is 0 Å². The summed E-state index contributed by atoms with van der Waals surface area (Å²) >= 11 is 0. The van der Waals surface area contributed by atoms with Crippen molar-refractivity contribution >= 4 is 65.7 Å². The van der Waals surface area contributed by atoms with Crippen molar-refractivity contribution in [3.8, 4) is 51.0 Å². The largest absolute Gasteiger partial charge is 0.456 e. The molecule has 6 nitrogen and oxygen atoms in total. The molecule has 0 saturated heterocycles. The molecule has 6 heteroatoms. The van der Waals surface area contributed by atoms with E-state index in [1.165, 1.54) is 10.8 Å². The molecule has 0 atom stereocenters. The summed E-state index contributed by atoms with van der Waals surface area (Å²) in [5, 5.41) is 6.71. The van der Waals surface area contributed by atoms with Crippen molar-refractivity contribution in [3.05, 3.63) is 182 Å². The molecule has 4 heterocycles. The van der Waals surface area contributed by atoms with Gasteiger partial charge in [0.25, 0.3) is 0 Å². The molecular formula is C51H30N4O2. The van der Waals surface area contributed by atoms with E-state index in [2.05, 4.69) is 108 Å². The Morgan fingerprint density at radius 1 is 0.298 bits per heavy atom. The minimum atomic E-state index is 0.594. The van der Waals surface area contributed by atoms with Gasteiger partial charge in [0.2, 0.25) is 0 Å². The summed E-state index contributed by atoms with van der Waals surface area (Å²) < 4.78 is 15.2. The molecule has 0 amide bonds. The van der Waals surface area contributed by atoms with E-state index in [-0.39, 0.29) is 0 Å². The van der Waals surface area contributed by atoms with E-state index in [1.54, 1.807) is 0 Å². The monoisotopic (exact) mass is 730 g/mol. The normalized spacial score (nSPS) is 11.9. The van der Waals surface area contributed by atoms with Gasteiger partial charge in [-0.3, -0.25) is 0 Å². The Hall–Kier alpha value is -7.83.